The predicted octanol–water partition coefficient (Wildman–Crippen LogP) is 3.46. The van der Waals surface area contributed by atoms with E-state index in [1.807, 2.05) is 49.5 Å². The fourth-order valence-electron chi connectivity index (χ4n) is 4.09. The van der Waals surface area contributed by atoms with Crippen LogP contribution in [0.1, 0.15) is 54.8 Å². The Labute approximate surface area is 211 Å². The monoisotopic (exact) mass is 497 g/mol. The van der Waals surface area contributed by atoms with E-state index in [2.05, 4.69) is 16.8 Å². The number of rotatable bonds is 12. The lowest BCUT2D eigenvalue weighted by molar-refractivity contribution is -0.252. The highest BCUT2D eigenvalue weighted by Gasteiger charge is 2.32. The number of likely N-dealkylation sites (N-methyl/N-ethyl adjacent to an activating group) is 1. The number of amides is 2. The lowest BCUT2D eigenvalue weighted by Gasteiger charge is -2.37. The van der Waals surface area contributed by atoms with Gasteiger partial charge in [-0.1, -0.05) is 42.5 Å². The van der Waals surface area contributed by atoms with Crippen molar-refractivity contribution in [2.24, 2.45) is 0 Å². The molecule has 2 aromatic rings. The van der Waals surface area contributed by atoms with Gasteiger partial charge in [-0.2, -0.15) is 0 Å². The van der Waals surface area contributed by atoms with Crippen molar-refractivity contribution in [1.29, 1.82) is 0 Å². The maximum atomic E-state index is 12.1. The average Bonchev–Trinajstić information content (AvgIpc) is 2.89. The Balaban J connectivity index is 1.67. The van der Waals surface area contributed by atoms with Gasteiger partial charge in [-0.25, -0.2) is 5.48 Å². The first-order valence-electron chi connectivity index (χ1n) is 12.0. The van der Waals surface area contributed by atoms with Gasteiger partial charge in [-0.15, -0.1) is 6.58 Å². The van der Waals surface area contributed by atoms with Crippen molar-refractivity contribution in [3.8, 4) is 0 Å². The number of carbonyl (C=O) groups excluding carboxylic acids is 2. The molecule has 0 aromatic heterocycles. The summed E-state index contributed by atoms with van der Waals surface area (Å²) >= 11 is 0. The first kappa shape index (κ1) is 27.5. The van der Waals surface area contributed by atoms with Gasteiger partial charge in [-0.3, -0.25) is 14.8 Å². The number of nitrogens with one attached hydrogen (secondary N) is 2. The first-order chi connectivity index (χ1) is 17.4. The van der Waals surface area contributed by atoms with Crippen molar-refractivity contribution in [1.82, 2.24) is 10.4 Å². The van der Waals surface area contributed by atoms with Crippen LogP contribution in [0.25, 0.3) is 0 Å². The van der Waals surface area contributed by atoms with E-state index in [1.165, 1.54) is 0 Å². The molecule has 0 saturated carbocycles. The van der Waals surface area contributed by atoms with E-state index in [0.717, 1.165) is 29.8 Å². The molecule has 9 nitrogen and oxygen atoms in total. The smallest absolute Gasteiger partial charge is 0.243 e. The van der Waals surface area contributed by atoms with Crippen molar-refractivity contribution in [2.75, 3.05) is 25.5 Å². The minimum absolute atomic E-state index is 0.00656. The molecule has 0 radical (unpaired) electrons. The van der Waals surface area contributed by atoms with Crippen LogP contribution in [0.15, 0.2) is 61.2 Å². The third kappa shape index (κ3) is 8.25. The zero-order valence-electron chi connectivity index (χ0n) is 20.6. The van der Waals surface area contributed by atoms with Crippen molar-refractivity contribution in [3.63, 3.8) is 0 Å². The summed E-state index contributed by atoms with van der Waals surface area (Å²) in [6, 6.07) is 15.1. The molecule has 2 aromatic carbocycles. The zero-order valence-corrected chi connectivity index (χ0v) is 20.6. The van der Waals surface area contributed by atoms with Crippen LogP contribution in [0.4, 0.5) is 5.69 Å². The van der Waals surface area contributed by atoms with Gasteiger partial charge in [0, 0.05) is 43.6 Å². The van der Waals surface area contributed by atoms with Crippen LogP contribution in [-0.2, 0) is 25.7 Å². The molecule has 36 heavy (non-hydrogen) atoms. The summed E-state index contributed by atoms with van der Waals surface area (Å²) in [6.07, 6.45) is 2.32. The van der Waals surface area contributed by atoms with E-state index < -0.39 is 12.2 Å². The number of hydrogen-bond acceptors (Lipinski definition) is 7. The fraction of sp³-hybridized carbons (Fsp3) is 0.407. The van der Waals surface area contributed by atoms with Crippen LogP contribution in [-0.4, -0.2) is 53.3 Å². The highest BCUT2D eigenvalue weighted by atomic mass is 16.7. The van der Waals surface area contributed by atoms with E-state index in [4.69, 9.17) is 14.7 Å². The molecule has 3 atom stereocenters. The number of ether oxygens (including phenoxy) is 2. The molecular formula is C27H35N3O6. The fourth-order valence-corrected chi connectivity index (χ4v) is 4.09. The predicted molar refractivity (Wildman–Crippen MR) is 135 cm³/mol. The summed E-state index contributed by atoms with van der Waals surface area (Å²) in [4.78, 5) is 25.3. The molecule has 4 N–H and O–H groups in total. The molecule has 1 fully saturated rings. The van der Waals surface area contributed by atoms with E-state index in [-0.39, 0.29) is 37.6 Å². The molecule has 194 valence electrons. The lowest BCUT2D eigenvalue weighted by atomic mass is 9.99. The standard InChI is InChI=1S/C27H35N3O6/c1-3-15-30(2)17-23-16-24(20-9-7-19(18-31)8-10-20)36-27(35-23)21-11-13-22(14-12-21)28-25(32)5-4-6-26(33)29-34/h3,7-14,23-24,27,31,34H,1,4-6,15-18H2,2H3,(H,28,32)(H,29,33). The number of hydrogen-bond donors (Lipinski definition) is 4. The highest BCUT2D eigenvalue weighted by Crippen LogP contribution is 2.38. The highest BCUT2D eigenvalue weighted by molar-refractivity contribution is 5.91. The average molecular weight is 498 g/mol. The third-order valence-corrected chi connectivity index (χ3v) is 5.97. The van der Waals surface area contributed by atoms with Crippen LogP contribution >= 0.6 is 0 Å². The Morgan fingerprint density at radius 3 is 2.36 bits per heavy atom. The molecule has 3 rings (SSSR count). The molecule has 0 spiro atoms. The number of benzene rings is 2. The molecule has 1 aliphatic heterocycles. The van der Waals surface area contributed by atoms with Gasteiger partial charge in [0.05, 0.1) is 18.8 Å². The zero-order chi connectivity index (χ0) is 25.9. The minimum Gasteiger partial charge on any atom is -0.392 e. The second-order valence-corrected chi connectivity index (χ2v) is 8.92. The summed E-state index contributed by atoms with van der Waals surface area (Å²) < 4.78 is 12.7. The number of anilines is 1. The summed E-state index contributed by atoms with van der Waals surface area (Å²) in [5, 5.41) is 20.7. The van der Waals surface area contributed by atoms with E-state index in [1.54, 1.807) is 17.6 Å². The van der Waals surface area contributed by atoms with Crippen LogP contribution in [0.5, 0.6) is 0 Å². The molecule has 1 heterocycles. The van der Waals surface area contributed by atoms with Crippen LogP contribution in [0.2, 0.25) is 0 Å². The van der Waals surface area contributed by atoms with Crippen LogP contribution < -0.4 is 10.8 Å². The number of hydroxylamine groups is 1. The Hall–Kier alpha value is -3.08. The van der Waals surface area contributed by atoms with E-state index in [0.29, 0.717) is 18.5 Å². The maximum absolute atomic E-state index is 12.1. The largest absolute Gasteiger partial charge is 0.392 e. The minimum atomic E-state index is -0.579. The van der Waals surface area contributed by atoms with Crippen molar-refractivity contribution >= 4 is 17.5 Å². The number of aliphatic hydroxyl groups is 1. The number of aliphatic hydroxyl groups excluding tert-OH is 1. The van der Waals surface area contributed by atoms with Crippen LogP contribution in [0.3, 0.4) is 0 Å². The molecule has 1 aliphatic rings. The SMILES string of the molecule is C=CCN(C)CC1CC(c2ccc(CO)cc2)OC(c2ccc(NC(=O)CCCC(=O)NO)cc2)O1. The Kier molecular flexibility index (Phi) is 10.6. The van der Waals surface area contributed by atoms with Crippen molar-refractivity contribution in [2.45, 2.75) is 50.8 Å². The van der Waals surface area contributed by atoms with Gasteiger partial charge in [0.25, 0.3) is 0 Å². The van der Waals surface area contributed by atoms with Gasteiger partial charge in [0.2, 0.25) is 11.8 Å². The summed E-state index contributed by atoms with van der Waals surface area (Å²) in [7, 11) is 2.02. The Morgan fingerprint density at radius 1 is 1.06 bits per heavy atom. The van der Waals surface area contributed by atoms with Crippen molar-refractivity contribution in [3.05, 3.63) is 77.9 Å². The maximum Gasteiger partial charge on any atom is 0.243 e. The van der Waals surface area contributed by atoms with Crippen LogP contribution in [0, 0.1) is 0 Å². The summed E-state index contributed by atoms with van der Waals surface area (Å²) in [5.74, 6) is -0.730. The molecule has 1 saturated heterocycles. The number of carbonyl (C=O) groups is 2. The molecule has 9 heteroatoms. The van der Waals surface area contributed by atoms with E-state index >= 15 is 0 Å². The third-order valence-electron chi connectivity index (χ3n) is 5.97. The second-order valence-electron chi connectivity index (χ2n) is 8.92. The Bertz CT molecular complexity index is 996. The van der Waals surface area contributed by atoms with Gasteiger partial charge in [-0.05, 0) is 36.7 Å². The molecular weight excluding hydrogens is 462 g/mol. The topological polar surface area (TPSA) is 120 Å². The molecule has 0 bridgehead atoms. The quantitative estimate of drug-likeness (QED) is 0.201. The van der Waals surface area contributed by atoms with Crippen molar-refractivity contribution < 1.29 is 29.4 Å². The summed E-state index contributed by atoms with van der Waals surface area (Å²) in [6.45, 7) is 5.27. The van der Waals surface area contributed by atoms with E-state index in [9.17, 15) is 14.7 Å². The summed E-state index contributed by atoms with van der Waals surface area (Å²) in [5.41, 5.74) is 4.89. The second kappa shape index (κ2) is 13.9. The molecule has 0 aliphatic carbocycles. The Morgan fingerprint density at radius 2 is 1.72 bits per heavy atom. The van der Waals surface area contributed by atoms with Gasteiger partial charge >= 0.3 is 0 Å². The first-order valence-corrected chi connectivity index (χ1v) is 12.0. The molecule has 2 amide bonds. The molecule has 3 unspecified atom stereocenters. The van der Waals surface area contributed by atoms with Gasteiger partial charge in [0.15, 0.2) is 6.29 Å². The lowest BCUT2D eigenvalue weighted by Crippen LogP contribution is -2.37. The number of nitrogens with zero attached hydrogens (tertiary/aromatic N) is 1. The van der Waals surface area contributed by atoms with Gasteiger partial charge < -0.3 is 24.8 Å². The normalized spacial score (nSPS) is 19.6. The van der Waals surface area contributed by atoms with Gasteiger partial charge in [0.1, 0.15) is 0 Å².